The molecule has 0 aliphatic carbocycles. The molecule has 2 heterocycles. The van der Waals surface area contributed by atoms with Gasteiger partial charge >= 0.3 is 0 Å². The molecular formula is C15H11N3O3. The van der Waals surface area contributed by atoms with Gasteiger partial charge in [-0.15, -0.1) is 0 Å². The monoisotopic (exact) mass is 281 g/mol. The number of pyridine rings is 2. The van der Waals surface area contributed by atoms with E-state index in [0.717, 1.165) is 5.56 Å². The zero-order valence-electron chi connectivity index (χ0n) is 11.2. The van der Waals surface area contributed by atoms with Crippen LogP contribution in [0.4, 0.5) is 5.69 Å². The van der Waals surface area contributed by atoms with Crippen molar-refractivity contribution in [2.75, 3.05) is 7.11 Å². The SMILES string of the molecule is COc1ccc([N+](=O)[O-])c2c(-c3cccnc3)ccnc12. The number of aromatic nitrogens is 2. The molecule has 0 saturated heterocycles. The molecule has 0 amide bonds. The third kappa shape index (κ3) is 2.16. The number of nitro benzene ring substituents is 1. The van der Waals surface area contributed by atoms with Crippen LogP contribution in [0.2, 0.25) is 0 Å². The van der Waals surface area contributed by atoms with Gasteiger partial charge in [-0.25, -0.2) is 0 Å². The number of fused-ring (bicyclic) bond motifs is 1. The maximum atomic E-state index is 11.3. The lowest BCUT2D eigenvalue weighted by Crippen LogP contribution is -1.95. The van der Waals surface area contributed by atoms with E-state index in [1.165, 1.54) is 13.2 Å². The number of hydrogen-bond donors (Lipinski definition) is 0. The van der Waals surface area contributed by atoms with E-state index in [9.17, 15) is 10.1 Å². The van der Waals surface area contributed by atoms with Crippen LogP contribution < -0.4 is 4.74 Å². The molecule has 0 N–H and O–H groups in total. The summed E-state index contributed by atoms with van der Waals surface area (Å²) in [6.07, 6.45) is 4.93. The minimum atomic E-state index is -0.413. The van der Waals surface area contributed by atoms with E-state index >= 15 is 0 Å². The fourth-order valence-corrected chi connectivity index (χ4v) is 2.30. The van der Waals surface area contributed by atoms with Crippen molar-refractivity contribution in [1.82, 2.24) is 9.97 Å². The molecule has 1 aromatic carbocycles. The fourth-order valence-electron chi connectivity index (χ4n) is 2.30. The van der Waals surface area contributed by atoms with Gasteiger partial charge < -0.3 is 4.74 Å². The standard InChI is InChI=1S/C15H11N3O3/c1-21-13-5-4-12(18(19)20)14-11(6-8-17-15(13)14)10-3-2-7-16-9-10/h2-9H,1H3. The summed E-state index contributed by atoms with van der Waals surface area (Å²) in [5.41, 5.74) is 1.96. The summed E-state index contributed by atoms with van der Waals surface area (Å²) < 4.78 is 5.25. The first kappa shape index (κ1) is 13.0. The number of methoxy groups -OCH3 is 1. The highest BCUT2D eigenvalue weighted by Gasteiger charge is 2.20. The lowest BCUT2D eigenvalue weighted by atomic mass is 10.0. The van der Waals surface area contributed by atoms with E-state index in [2.05, 4.69) is 9.97 Å². The van der Waals surface area contributed by atoms with Crippen LogP contribution in [0.3, 0.4) is 0 Å². The van der Waals surface area contributed by atoms with E-state index in [1.807, 2.05) is 6.07 Å². The Morgan fingerprint density at radius 1 is 1.19 bits per heavy atom. The highest BCUT2D eigenvalue weighted by Crippen LogP contribution is 2.37. The van der Waals surface area contributed by atoms with Crippen LogP contribution in [0.15, 0.2) is 48.9 Å². The van der Waals surface area contributed by atoms with Crippen LogP contribution >= 0.6 is 0 Å². The molecule has 0 unspecified atom stereocenters. The Kier molecular flexibility index (Phi) is 3.19. The van der Waals surface area contributed by atoms with E-state index in [4.69, 9.17) is 4.74 Å². The topological polar surface area (TPSA) is 78.2 Å². The molecule has 3 aromatic rings. The van der Waals surface area contributed by atoms with E-state index in [1.54, 1.807) is 36.8 Å². The minimum absolute atomic E-state index is 0.00208. The zero-order chi connectivity index (χ0) is 14.8. The van der Waals surface area contributed by atoms with Crippen molar-refractivity contribution in [2.45, 2.75) is 0 Å². The Morgan fingerprint density at radius 3 is 2.71 bits per heavy atom. The molecule has 0 atom stereocenters. The fraction of sp³-hybridized carbons (Fsp3) is 0.0667. The van der Waals surface area contributed by atoms with Crippen LogP contribution in [-0.4, -0.2) is 22.0 Å². The van der Waals surface area contributed by atoms with Gasteiger partial charge in [-0.2, -0.15) is 0 Å². The molecule has 0 radical (unpaired) electrons. The van der Waals surface area contributed by atoms with Crippen molar-refractivity contribution >= 4 is 16.6 Å². The molecule has 0 saturated carbocycles. The predicted molar refractivity (Wildman–Crippen MR) is 78.2 cm³/mol. The van der Waals surface area contributed by atoms with Gasteiger partial charge in [0.2, 0.25) is 0 Å². The van der Waals surface area contributed by atoms with Crippen molar-refractivity contribution in [3.8, 4) is 16.9 Å². The minimum Gasteiger partial charge on any atom is -0.494 e. The van der Waals surface area contributed by atoms with Crippen molar-refractivity contribution in [1.29, 1.82) is 0 Å². The second kappa shape index (κ2) is 5.16. The van der Waals surface area contributed by atoms with Crippen LogP contribution in [0, 0.1) is 10.1 Å². The van der Waals surface area contributed by atoms with Crippen LogP contribution in [-0.2, 0) is 0 Å². The number of benzene rings is 1. The largest absolute Gasteiger partial charge is 0.494 e. The second-order valence-electron chi connectivity index (χ2n) is 4.37. The molecule has 0 aliphatic heterocycles. The molecule has 6 heteroatoms. The lowest BCUT2D eigenvalue weighted by molar-refractivity contribution is -0.383. The zero-order valence-corrected chi connectivity index (χ0v) is 11.2. The summed E-state index contributed by atoms with van der Waals surface area (Å²) in [6, 6.07) is 8.37. The van der Waals surface area contributed by atoms with Crippen molar-refractivity contribution in [2.24, 2.45) is 0 Å². The third-order valence-corrected chi connectivity index (χ3v) is 3.22. The third-order valence-electron chi connectivity index (χ3n) is 3.22. The smallest absolute Gasteiger partial charge is 0.279 e. The molecule has 0 fully saturated rings. The maximum Gasteiger partial charge on any atom is 0.279 e. The summed E-state index contributed by atoms with van der Waals surface area (Å²) in [6.45, 7) is 0. The van der Waals surface area contributed by atoms with E-state index in [0.29, 0.717) is 22.2 Å². The number of non-ortho nitro benzene ring substituents is 1. The Balaban J connectivity index is 2.43. The summed E-state index contributed by atoms with van der Waals surface area (Å²) in [5.74, 6) is 0.501. The van der Waals surface area contributed by atoms with Crippen LogP contribution in [0.1, 0.15) is 0 Å². The highest BCUT2D eigenvalue weighted by molar-refractivity contribution is 6.03. The summed E-state index contributed by atoms with van der Waals surface area (Å²) in [5, 5.41) is 11.8. The van der Waals surface area contributed by atoms with Gasteiger partial charge in [-0.3, -0.25) is 20.1 Å². The van der Waals surface area contributed by atoms with Gasteiger partial charge in [0.25, 0.3) is 5.69 Å². The molecular weight excluding hydrogens is 270 g/mol. The van der Waals surface area contributed by atoms with Gasteiger partial charge in [-0.05, 0) is 18.2 Å². The Morgan fingerprint density at radius 2 is 2.05 bits per heavy atom. The van der Waals surface area contributed by atoms with E-state index in [-0.39, 0.29) is 5.69 Å². The van der Waals surface area contributed by atoms with E-state index < -0.39 is 4.92 Å². The Labute approximate surface area is 120 Å². The first-order valence-electron chi connectivity index (χ1n) is 6.23. The van der Waals surface area contributed by atoms with Gasteiger partial charge in [0.1, 0.15) is 11.3 Å². The normalized spacial score (nSPS) is 10.5. The second-order valence-corrected chi connectivity index (χ2v) is 4.37. The highest BCUT2D eigenvalue weighted by atomic mass is 16.6. The first-order chi connectivity index (χ1) is 10.2. The summed E-state index contributed by atoms with van der Waals surface area (Å²) in [4.78, 5) is 19.2. The Bertz CT molecular complexity index is 819. The first-order valence-corrected chi connectivity index (χ1v) is 6.23. The molecule has 2 aromatic heterocycles. The van der Waals surface area contributed by atoms with Crippen molar-refractivity contribution in [3.05, 3.63) is 59.0 Å². The number of rotatable bonds is 3. The van der Waals surface area contributed by atoms with Crippen molar-refractivity contribution < 1.29 is 9.66 Å². The lowest BCUT2D eigenvalue weighted by Gasteiger charge is -2.09. The number of ether oxygens (including phenoxy) is 1. The molecule has 21 heavy (non-hydrogen) atoms. The number of nitro groups is 1. The van der Waals surface area contributed by atoms with Gasteiger partial charge in [0.15, 0.2) is 0 Å². The van der Waals surface area contributed by atoms with Crippen molar-refractivity contribution in [3.63, 3.8) is 0 Å². The molecule has 0 aliphatic rings. The molecule has 0 bridgehead atoms. The van der Waals surface area contributed by atoms with Gasteiger partial charge in [0, 0.05) is 35.8 Å². The maximum absolute atomic E-state index is 11.3. The van der Waals surface area contributed by atoms with Crippen LogP contribution in [0.25, 0.3) is 22.0 Å². The average molecular weight is 281 g/mol. The average Bonchev–Trinajstić information content (AvgIpc) is 2.53. The quantitative estimate of drug-likeness (QED) is 0.544. The Hall–Kier alpha value is -3.02. The van der Waals surface area contributed by atoms with Gasteiger partial charge in [-0.1, -0.05) is 6.07 Å². The van der Waals surface area contributed by atoms with Gasteiger partial charge in [0.05, 0.1) is 17.4 Å². The summed E-state index contributed by atoms with van der Waals surface area (Å²) >= 11 is 0. The predicted octanol–water partition coefficient (Wildman–Crippen LogP) is 3.21. The molecule has 3 rings (SSSR count). The molecule has 0 spiro atoms. The summed E-state index contributed by atoms with van der Waals surface area (Å²) in [7, 11) is 1.51. The number of nitrogens with zero attached hydrogens (tertiary/aromatic N) is 3. The molecule has 6 nitrogen and oxygen atoms in total. The molecule has 104 valence electrons. The van der Waals surface area contributed by atoms with Crippen LogP contribution in [0.5, 0.6) is 5.75 Å². The number of hydrogen-bond acceptors (Lipinski definition) is 5.